The number of carbonyl (C=O) groups is 1. The van der Waals surface area contributed by atoms with Crippen LogP contribution >= 0.6 is 11.6 Å². The van der Waals surface area contributed by atoms with Gasteiger partial charge >= 0.3 is 0 Å². The lowest BCUT2D eigenvalue weighted by atomic mass is 9.84. The zero-order valence-corrected chi connectivity index (χ0v) is 20.0. The van der Waals surface area contributed by atoms with Crippen LogP contribution < -0.4 is 9.64 Å². The fraction of sp³-hybridized carbons (Fsp3) is 0.321. The van der Waals surface area contributed by atoms with Crippen LogP contribution in [0, 0.1) is 19.7 Å². The number of rotatable bonds is 3. The zero-order valence-electron chi connectivity index (χ0n) is 19.2. The van der Waals surface area contributed by atoms with Crippen molar-refractivity contribution < 1.29 is 13.9 Å². The molecule has 3 aromatic rings. The molecule has 170 valence electrons. The summed E-state index contributed by atoms with van der Waals surface area (Å²) >= 11 is 6.14. The van der Waals surface area contributed by atoms with Gasteiger partial charge in [0, 0.05) is 28.4 Å². The van der Waals surface area contributed by atoms with E-state index < -0.39 is 0 Å². The van der Waals surface area contributed by atoms with Crippen LogP contribution in [0.5, 0.6) is 5.75 Å². The first-order valence-electron chi connectivity index (χ1n) is 11.6. The summed E-state index contributed by atoms with van der Waals surface area (Å²) in [7, 11) is 0. The van der Waals surface area contributed by atoms with Gasteiger partial charge in [-0.2, -0.15) is 0 Å². The summed E-state index contributed by atoms with van der Waals surface area (Å²) < 4.78 is 20.8. The molecule has 2 aliphatic heterocycles. The monoisotopic (exact) mass is 463 g/mol. The highest BCUT2D eigenvalue weighted by Gasteiger charge is 2.31. The second kappa shape index (κ2) is 8.49. The van der Waals surface area contributed by atoms with Crippen LogP contribution in [-0.4, -0.2) is 19.1 Å². The lowest BCUT2D eigenvalue weighted by Gasteiger charge is -2.25. The number of amides is 1. The number of hydrogen-bond donors (Lipinski definition) is 0. The molecule has 0 radical (unpaired) electrons. The molecule has 0 fully saturated rings. The fourth-order valence-electron chi connectivity index (χ4n) is 5.41. The van der Waals surface area contributed by atoms with E-state index in [4.69, 9.17) is 16.3 Å². The van der Waals surface area contributed by atoms with Crippen molar-refractivity contribution in [3.63, 3.8) is 0 Å². The number of hydrogen-bond acceptors (Lipinski definition) is 2. The molecule has 0 N–H and O–H groups in total. The van der Waals surface area contributed by atoms with Gasteiger partial charge in [-0.1, -0.05) is 24.6 Å². The summed E-state index contributed by atoms with van der Waals surface area (Å²) in [5, 5.41) is 0.542. The molecule has 0 saturated heterocycles. The number of nitrogens with zero attached hydrogens (tertiary/aromatic N) is 1. The molecule has 0 aliphatic carbocycles. The summed E-state index contributed by atoms with van der Waals surface area (Å²) in [5.41, 5.74) is 8.99. The van der Waals surface area contributed by atoms with Gasteiger partial charge in [-0.25, -0.2) is 4.39 Å². The Balaban J connectivity index is 1.69. The molecule has 3 aromatic carbocycles. The highest BCUT2D eigenvalue weighted by Crippen LogP contribution is 2.45. The first-order valence-corrected chi connectivity index (χ1v) is 12.0. The third-order valence-electron chi connectivity index (χ3n) is 6.99. The molecular formula is C28H27ClFNO2. The van der Waals surface area contributed by atoms with Gasteiger partial charge in [-0.3, -0.25) is 4.79 Å². The molecule has 2 aliphatic rings. The van der Waals surface area contributed by atoms with E-state index in [0.717, 1.165) is 64.8 Å². The second-order valence-corrected chi connectivity index (χ2v) is 9.34. The first-order chi connectivity index (χ1) is 15.9. The Morgan fingerprint density at radius 2 is 1.97 bits per heavy atom. The molecule has 0 bridgehead atoms. The quantitative estimate of drug-likeness (QED) is 0.425. The Bertz CT molecular complexity index is 1280. The average molecular weight is 464 g/mol. The van der Waals surface area contributed by atoms with Gasteiger partial charge in [0.05, 0.1) is 6.61 Å². The molecule has 2 heterocycles. The lowest BCUT2D eigenvalue weighted by molar-refractivity contribution is 0.0989. The van der Waals surface area contributed by atoms with Crippen LogP contribution in [0.1, 0.15) is 51.5 Å². The van der Waals surface area contributed by atoms with E-state index in [0.29, 0.717) is 29.5 Å². The third-order valence-corrected chi connectivity index (χ3v) is 7.23. The molecule has 0 unspecified atom stereocenters. The van der Waals surface area contributed by atoms with Crippen LogP contribution in [0.4, 0.5) is 10.1 Å². The maximum Gasteiger partial charge on any atom is 0.258 e. The number of aryl methyl sites for hydroxylation is 1. The van der Waals surface area contributed by atoms with Crippen molar-refractivity contribution in [2.75, 3.05) is 18.1 Å². The normalized spacial score (nSPS) is 14.6. The third kappa shape index (κ3) is 3.61. The average Bonchev–Trinajstić information content (AvgIpc) is 3.23. The van der Waals surface area contributed by atoms with E-state index in [2.05, 4.69) is 26.8 Å². The fourth-order valence-corrected chi connectivity index (χ4v) is 5.60. The number of anilines is 1. The summed E-state index contributed by atoms with van der Waals surface area (Å²) in [4.78, 5) is 15.2. The van der Waals surface area contributed by atoms with Crippen molar-refractivity contribution in [1.82, 2.24) is 0 Å². The zero-order chi connectivity index (χ0) is 23.3. The molecular weight excluding hydrogens is 437 g/mol. The maximum atomic E-state index is 15.1. The minimum atomic E-state index is -0.299. The molecule has 1 amide bonds. The Labute approximate surface area is 199 Å². The van der Waals surface area contributed by atoms with Gasteiger partial charge in [-0.15, -0.1) is 0 Å². The van der Waals surface area contributed by atoms with Gasteiger partial charge in [0.15, 0.2) is 11.6 Å². The Morgan fingerprint density at radius 1 is 1.15 bits per heavy atom. The smallest absolute Gasteiger partial charge is 0.258 e. The maximum absolute atomic E-state index is 15.1. The summed E-state index contributed by atoms with van der Waals surface area (Å²) in [5.74, 6) is 0.0441. The number of benzene rings is 3. The van der Waals surface area contributed by atoms with Crippen molar-refractivity contribution in [3.8, 4) is 16.9 Å². The van der Waals surface area contributed by atoms with Crippen molar-refractivity contribution >= 4 is 23.2 Å². The van der Waals surface area contributed by atoms with E-state index in [1.165, 1.54) is 5.56 Å². The summed E-state index contributed by atoms with van der Waals surface area (Å²) in [6.07, 6.45) is 3.29. The number of halogens is 2. The topological polar surface area (TPSA) is 29.5 Å². The van der Waals surface area contributed by atoms with Crippen molar-refractivity contribution in [3.05, 3.63) is 80.6 Å². The largest absolute Gasteiger partial charge is 0.490 e. The minimum absolute atomic E-state index is 0.0624. The number of ether oxygens (including phenoxy) is 1. The van der Waals surface area contributed by atoms with E-state index in [9.17, 15) is 4.79 Å². The molecule has 0 aromatic heterocycles. The van der Waals surface area contributed by atoms with Crippen LogP contribution in [0.3, 0.4) is 0 Å². The van der Waals surface area contributed by atoms with Gasteiger partial charge < -0.3 is 9.64 Å². The minimum Gasteiger partial charge on any atom is -0.490 e. The Kier molecular flexibility index (Phi) is 5.65. The highest BCUT2D eigenvalue weighted by molar-refractivity contribution is 6.31. The van der Waals surface area contributed by atoms with Crippen LogP contribution in [-0.2, 0) is 19.3 Å². The van der Waals surface area contributed by atoms with Crippen molar-refractivity contribution in [1.29, 1.82) is 0 Å². The van der Waals surface area contributed by atoms with E-state index in [1.807, 2.05) is 4.90 Å². The Morgan fingerprint density at radius 3 is 2.73 bits per heavy atom. The molecule has 0 spiro atoms. The molecule has 3 nitrogen and oxygen atoms in total. The van der Waals surface area contributed by atoms with E-state index in [-0.39, 0.29) is 11.7 Å². The lowest BCUT2D eigenvalue weighted by Crippen LogP contribution is -2.28. The van der Waals surface area contributed by atoms with Gasteiger partial charge in [0.2, 0.25) is 0 Å². The van der Waals surface area contributed by atoms with Crippen LogP contribution in [0.15, 0.2) is 36.4 Å². The highest BCUT2D eigenvalue weighted by atomic mass is 35.5. The van der Waals surface area contributed by atoms with E-state index >= 15 is 4.39 Å². The van der Waals surface area contributed by atoms with Crippen molar-refractivity contribution in [2.45, 2.75) is 46.5 Å². The molecule has 5 rings (SSSR count). The molecule has 33 heavy (non-hydrogen) atoms. The predicted octanol–water partition coefficient (Wildman–Crippen LogP) is 6.85. The predicted molar refractivity (Wildman–Crippen MR) is 131 cm³/mol. The summed E-state index contributed by atoms with van der Waals surface area (Å²) in [6, 6.07) is 10.8. The summed E-state index contributed by atoms with van der Waals surface area (Å²) in [6.45, 7) is 7.44. The van der Waals surface area contributed by atoms with Crippen LogP contribution in [0.2, 0.25) is 5.02 Å². The first kappa shape index (κ1) is 22.0. The van der Waals surface area contributed by atoms with Gasteiger partial charge in [-0.05, 0) is 103 Å². The van der Waals surface area contributed by atoms with Crippen molar-refractivity contribution in [2.24, 2.45) is 0 Å². The van der Waals surface area contributed by atoms with Crippen LogP contribution in [0.25, 0.3) is 11.1 Å². The van der Waals surface area contributed by atoms with E-state index in [1.54, 1.807) is 30.3 Å². The standard InChI is InChI=1S/C28H27ClFNO2/c1-4-20-16(2)13-25-22(10-11-31(25)28(32)18-7-5-8-19(29)14-18)26(20)23-15-24(30)27-21(17(23)3)9-6-12-33-27/h5,7-8,13-15H,4,6,9-12H2,1-3H3. The van der Waals surface area contributed by atoms with Gasteiger partial charge in [0.25, 0.3) is 5.91 Å². The Hall–Kier alpha value is -2.85. The molecule has 5 heteroatoms. The number of carbonyl (C=O) groups excluding carboxylic acids is 1. The van der Waals surface area contributed by atoms with Gasteiger partial charge in [0.1, 0.15) is 0 Å². The second-order valence-electron chi connectivity index (χ2n) is 8.91. The number of fused-ring (bicyclic) bond motifs is 2. The SMILES string of the molecule is CCc1c(C)cc2c(c1-c1cc(F)c3c(c1C)CCCO3)CCN2C(=O)c1cccc(Cl)c1. The molecule has 0 atom stereocenters. The molecule has 0 saturated carbocycles.